The topological polar surface area (TPSA) is 225 Å². The van der Waals surface area contributed by atoms with Gasteiger partial charge in [-0.1, -0.05) is 100.0 Å². The van der Waals surface area contributed by atoms with Gasteiger partial charge in [0.25, 0.3) is 0 Å². The number of hydrogen-bond donors (Lipinski definition) is 5. The van der Waals surface area contributed by atoms with E-state index in [2.05, 4.69) is 32.9 Å². The number of Topliss-reactive ketones (excluding diaryl/α,β-unsaturated/α-hetero) is 1. The predicted molar refractivity (Wildman–Crippen MR) is 243 cm³/mol. The second-order valence-electron chi connectivity index (χ2n) is 15.6. The molecule has 1 spiro atoms. The van der Waals surface area contributed by atoms with E-state index in [9.17, 15) is 19.5 Å². The Hall–Kier alpha value is -4.56. The van der Waals surface area contributed by atoms with Crippen LogP contribution in [0.4, 0.5) is 0 Å². The number of hydrogen-bond acceptors (Lipinski definition) is 9. The molecule has 0 aromatic heterocycles. The molecule has 3 aromatic rings. The van der Waals surface area contributed by atoms with Gasteiger partial charge < -0.3 is 45.9 Å². The van der Waals surface area contributed by atoms with Crippen molar-refractivity contribution < 1.29 is 54.6 Å². The number of nitrogens with two attached hydrogens (primary N) is 1. The zero-order valence-corrected chi connectivity index (χ0v) is 38.0. The van der Waals surface area contributed by atoms with Gasteiger partial charge in [-0.25, -0.2) is 4.79 Å². The fourth-order valence-electron chi connectivity index (χ4n) is 9.52. The molecule has 344 valence electrons. The molecule has 9 atom stereocenters. The minimum atomic E-state index is -0.879. The Morgan fingerprint density at radius 3 is 1.87 bits per heavy atom. The first-order chi connectivity index (χ1) is 29.3. The van der Waals surface area contributed by atoms with E-state index < -0.39 is 17.7 Å². The predicted octanol–water partition coefficient (Wildman–Crippen LogP) is 6.93. The average Bonchev–Trinajstić information content (AvgIpc) is 4.02. The number of benzene rings is 3. The van der Waals surface area contributed by atoms with Gasteiger partial charge in [0.2, 0.25) is 5.91 Å². The lowest BCUT2D eigenvalue weighted by atomic mass is 9.51. The fourth-order valence-corrected chi connectivity index (χ4v) is 9.52. The average molecular weight is 864 g/mol. The Morgan fingerprint density at radius 1 is 0.935 bits per heavy atom. The molecule has 0 radical (unpaired) electrons. The lowest BCUT2D eigenvalue weighted by molar-refractivity contribution is -0.214. The van der Waals surface area contributed by atoms with E-state index in [0.717, 1.165) is 64.1 Å². The molecule has 8 N–H and O–H groups in total. The van der Waals surface area contributed by atoms with Crippen molar-refractivity contribution in [3.63, 3.8) is 0 Å². The zero-order chi connectivity index (χ0) is 45.8. The standard InChI is InChI=1S/C22H32O4.C9H12O.C7H7NO.C7H6O2.C2H4O.C2H6.CH4O.H2O/c1-5-25-19-17-11(2)6-7-22(24,12(17)3)13(4)18-15-10-26-16(15)8-14-9-21(14,18)20(19)23;10-8-4-7-9-5-2-1-3-6-9;2*8-7(9)6-4-2-1-3-5-6;1-2-3;2*1-2;/h12-16,18-19,24H,5-10H2,1-4H3;1-3,5-6,10H,4,7-8H2;1-5H,(H2,8,9);1-5H,(H,8,9);2H,1H3;1-2H3;2H,1H3;1H2/t12-,13?,14-,15-,16-,18?,19-,21-,22+;;;;;;;/m1......./s1. The summed E-state index contributed by atoms with van der Waals surface area (Å²) in [6.07, 6.45) is 6.10. The molecule has 12 nitrogen and oxygen atoms in total. The summed E-state index contributed by atoms with van der Waals surface area (Å²) in [7, 11) is 1.00. The molecule has 8 rings (SSSR count). The number of allylic oxidation sites excluding steroid dienone is 1. The Labute approximate surface area is 368 Å². The number of ether oxygens (including phenoxy) is 2. The Balaban J connectivity index is 0.000000444. The molecular weight excluding hydrogens is 791 g/mol. The van der Waals surface area contributed by atoms with Gasteiger partial charge in [-0.3, -0.25) is 9.59 Å². The van der Waals surface area contributed by atoms with E-state index in [1.165, 1.54) is 18.1 Å². The van der Waals surface area contributed by atoms with Gasteiger partial charge in [0.05, 0.1) is 23.9 Å². The van der Waals surface area contributed by atoms with Crippen LogP contribution in [-0.2, 0) is 25.5 Å². The summed E-state index contributed by atoms with van der Waals surface area (Å²) in [4.78, 5) is 43.4. The summed E-state index contributed by atoms with van der Waals surface area (Å²) in [6, 6.07) is 27.3. The summed E-state index contributed by atoms with van der Waals surface area (Å²) < 4.78 is 12.0. The van der Waals surface area contributed by atoms with Gasteiger partial charge >= 0.3 is 5.97 Å². The van der Waals surface area contributed by atoms with Gasteiger partial charge in [-0.05, 0) is 112 Å². The first-order valence-corrected chi connectivity index (χ1v) is 21.6. The second kappa shape index (κ2) is 27.5. The summed E-state index contributed by atoms with van der Waals surface area (Å²) in [5, 5.41) is 35.8. The molecule has 4 aliphatic carbocycles. The molecule has 62 heavy (non-hydrogen) atoms. The third-order valence-corrected chi connectivity index (χ3v) is 12.5. The molecule has 1 amide bonds. The van der Waals surface area contributed by atoms with Crippen LogP contribution in [0.1, 0.15) is 107 Å². The normalized spacial score (nSPS) is 27.7. The first kappa shape index (κ1) is 55.5. The maximum Gasteiger partial charge on any atom is 0.335 e. The molecule has 1 heterocycles. The van der Waals surface area contributed by atoms with Crippen LogP contribution in [0.25, 0.3) is 0 Å². The van der Waals surface area contributed by atoms with Crippen molar-refractivity contribution in [2.45, 2.75) is 105 Å². The largest absolute Gasteiger partial charge is 0.478 e. The van der Waals surface area contributed by atoms with E-state index >= 15 is 0 Å². The smallest absolute Gasteiger partial charge is 0.335 e. The highest BCUT2D eigenvalue weighted by Crippen LogP contribution is 2.72. The van der Waals surface area contributed by atoms with Crippen molar-refractivity contribution in [3.05, 3.63) is 119 Å². The minimum absolute atomic E-state index is 0. The Morgan fingerprint density at radius 2 is 1.45 bits per heavy atom. The van der Waals surface area contributed by atoms with Gasteiger partial charge in [0, 0.05) is 43.1 Å². The maximum atomic E-state index is 13.9. The van der Waals surface area contributed by atoms with E-state index in [4.69, 9.17) is 35.3 Å². The number of amides is 1. The zero-order valence-electron chi connectivity index (χ0n) is 38.0. The number of ketones is 1. The summed E-state index contributed by atoms with van der Waals surface area (Å²) in [6.45, 7) is 15.5. The first-order valence-electron chi connectivity index (χ1n) is 21.6. The van der Waals surface area contributed by atoms with Gasteiger partial charge in [-0.2, -0.15) is 0 Å². The molecule has 3 saturated carbocycles. The van der Waals surface area contributed by atoms with Gasteiger partial charge in [-0.15, -0.1) is 0 Å². The number of carbonyl (C=O) groups is 4. The van der Waals surface area contributed by atoms with Crippen LogP contribution < -0.4 is 5.73 Å². The SMILES string of the molecule is CC.CC=O.CCO[C@H]1C(=O)[C@]23C[C@H]2C[C@H]2OC[C@H]2C3C(C)[C@]2(O)CCC(C)=C1[C@H]2C.CO.NC(=O)c1ccccc1.O.O=C(O)c1ccccc1.OCCCc1ccccc1. The van der Waals surface area contributed by atoms with Crippen molar-refractivity contribution in [1.29, 1.82) is 0 Å². The number of carboxylic acids is 1. The molecule has 4 fully saturated rings. The molecule has 1 saturated heterocycles. The Bertz CT molecular complexity index is 1760. The highest BCUT2D eigenvalue weighted by molar-refractivity contribution is 5.95. The van der Waals surface area contributed by atoms with Crippen molar-refractivity contribution in [1.82, 2.24) is 0 Å². The number of primary amides is 1. The third kappa shape index (κ3) is 13.5. The van der Waals surface area contributed by atoms with Crippen LogP contribution in [0.5, 0.6) is 0 Å². The number of carbonyl (C=O) groups excluding carboxylic acids is 3. The van der Waals surface area contributed by atoms with Crippen molar-refractivity contribution in [2.75, 3.05) is 26.9 Å². The molecule has 5 aliphatic rings. The number of aldehydes is 1. The molecule has 2 bridgehead atoms. The van der Waals surface area contributed by atoms with Crippen LogP contribution in [0, 0.1) is 35.0 Å². The fraction of sp³-hybridized carbons (Fsp3) is 0.520. The van der Waals surface area contributed by atoms with Crippen LogP contribution in [0.2, 0.25) is 0 Å². The van der Waals surface area contributed by atoms with E-state index in [-0.39, 0.29) is 41.2 Å². The lowest BCUT2D eigenvalue weighted by Gasteiger charge is -2.58. The monoisotopic (exact) mass is 864 g/mol. The molecule has 12 heteroatoms. The molecule has 2 unspecified atom stereocenters. The van der Waals surface area contributed by atoms with Crippen LogP contribution in [0.15, 0.2) is 102 Å². The van der Waals surface area contributed by atoms with E-state index in [1.807, 2.05) is 45.0 Å². The highest BCUT2D eigenvalue weighted by Gasteiger charge is 2.75. The van der Waals surface area contributed by atoms with Crippen molar-refractivity contribution in [3.8, 4) is 0 Å². The van der Waals surface area contributed by atoms with E-state index in [0.29, 0.717) is 41.5 Å². The molecule has 1 aliphatic heterocycles. The summed E-state index contributed by atoms with van der Waals surface area (Å²) in [5.41, 5.74) is 8.49. The summed E-state index contributed by atoms with van der Waals surface area (Å²) >= 11 is 0. The van der Waals surface area contributed by atoms with Gasteiger partial charge in [0.1, 0.15) is 12.4 Å². The highest BCUT2D eigenvalue weighted by atomic mass is 16.5. The lowest BCUT2D eigenvalue weighted by Crippen LogP contribution is -2.63. The maximum absolute atomic E-state index is 13.9. The van der Waals surface area contributed by atoms with Crippen LogP contribution >= 0.6 is 0 Å². The Kier molecular flexibility index (Phi) is 24.6. The number of carboxylic acid groups (broad SMARTS) is 1. The van der Waals surface area contributed by atoms with Crippen LogP contribution in [0.3, 0.4) is 0 Å². The molecular formula is C50H73NO11. The number of rotatable bonds is 7. The second-order valence-corrected chi connectivity index (χ2v) is 15.6. The molecule has 3 aromatic carbocycles. The number of aliphatic hydroxyl groups excluding tert-OH is 2. The number of aryl methyl sites for hydroxylation is 1. The number of fused-ring (bicyclic) bond motifs is 4. The minimum Gasteiger partial charge on any atom is -0.478 e. The number of aliphatic hydroxyl groups is 3. The van der Waals surface area contributed by atoms with Crippen LogP contribution in [-0.4, -0.2) is 94.6 Å². The van der Waals surface area contributed by atoms with Crippen molar-refractivity contribution >= 4 is 23.9 Å². The van der Waals surface area contributed by atoms with Gasteiger partial charge in [0.15, 0.2) is 5.78 Å². The number of aromatic carboxylic acids is 1. The third-order valence-electron chi connectivity index (χ3n) is 12.5. The summed E-state index contributed by atoms with van der Waals surface area (Å²) in [5.74, 6) is 0.243. The quantitative estimate of drug-likeness (QED) is 0.122. The van der Waals surface area contributed by atoms with E-state index in [1.54, 1.807) is 54.6 Å². The van der Waals surface area contributed by atoms with Crippen molar-refractivity contribution in [2.24, 2.45) is 40.7 Å².